The molecule has 3 aromatic rings. The maximum Gasteiger partial charge on any atom is 0.119 e. The number of nitrogens with one attached hydrogen (secondary N) is 1. The zero-order valence-electron chi connectivity index (χ0n) is 11.3. The lowest BCUT2D eigenvalue weighted by Gasteiger charge is -2.13. The van der Waals surface area contributed by atoms with Crippen molar-refractivity contribution < 1.29 is 9.84 Å². The van der Waals surface area contributed by atoms with Crippen LogP contribution in [0, 0.1) is 0 Å². The van der Waals surface area contributed by atoms with Crippen molar-refractivity contribution in [3.05, 3.63) is 65.9 Å². The molecule has 102 valence electrons. The molecule has 0 bridgehead atoms. The number of aromatic amines is 1. The van der Waals surface area contributed by atoms with Gasteiger partial charge in [-0.1, -0.05) is 18.2 Å². The van der Waals surface area contributed by atoms with E-state index in [0.29, 0.717) is 6.61 Å². The fourth-order valence-corrected chi connectivity index (χ4v) is 2.38. The molecule has 1 aromatic heterocycles. The number of ether oxygens (including phenoxy) is 1. The molecule has 1 heterocycles. The molecule has 1 atom stereocenters. The molecule has 3 heteroatoms. The Bertz CT molecular complexity index is 718. The number of benzene rings is 2. The fraction of sp³-hybridized carbons (Fsp3) is 0.176. The van der Waals surface area contributed by atoms with Crippen molar-refractivity contribution in [1.29, 1.82) is 0 Å². The maximum absolute atomic E-state index is 10.5. The van der Waals surface area contributed by atoms with Gasteiger partial charge in [0.2, 0.25) is 0 Å². The van der Waals surface area contributed by atoms with Gasteiger partial charge >= 0.3 is 0 Å². The Kier molecular flexibility index (Phi) is 3.44. The van der Waals surface area contributed by atoms with Crippen molar-refractivity contribution in [2.75, 3.05) is 6.61 Å². The van der Waals surface area contributed by atoms with Crippen LogP contribution in [-0.2, 0) is 0 Å². The summed E-state index contributed by atoms with van der Waals surface area (Å²) in [5.41, 5.74) is 2.79. The van der Waals surface area contributed by atoms with Crippen LogP contribution in [0.15, 0.2) is 54.7 Å². The Balaban J connectivity index is 1.94. The molecule has 0 saturated heterocycles. The van der Waals surface area contributed by atoms with Gasteiger partial charge in [0.05, 0.1) is 6.61 Å². The van der Waals surface area contributed by atoms with Crippen molar-refractivity contribution in [2.45, 2.75) is 13.0 Å². The Morgan fingerprint density at radius 1 is 1.10 bits per heavy atom. The summed E-state index contributed by atoms with van der Waals surface area (Å²) in [5.74, 6) is 0.784. The highest BCUT2D eigenvalue weighted by Crippen LogP contribution is 2.27. The summed E-state index contributed by atoms with van der Waals surface area (Å²) in [7, 11) is 0. The lowest BCUT2D eigenvalue weighted by Crippen LogP contribution is -2.00. The Hall–Kier alpha value is -2.26. The minimum atomic E-state index is -0.644. The predicted octanol–water partition coefficient (Wildman–Crippen LogP) is 3.65. The molecule has 20 heavy (non-hydrogen) atoms. The summed E-state index contributed by atoms with van der Waals surface area (Å²) in [6, 6.07) is 15.5. The third kappa shape index (κ3) is 2.40. The van der Waals surface area contributed by atoms with Gasteiger partial charge in [0.1, 0.15) is 11.9 Å². The van der Waals surface area contributed by atoms with E-state index in [1.165, 1.54) is 0 Å². The van der Waals surface area contributed by atoms with E-state index in [4.69, 9.17) is 4.74 Å². The normalized spacial score (nSPS) is 12.5. The molecule has 2 aromatic carbocycles. The monoisotopic (exact) mass is 267 g/mol. The van der Waals surface area contributed by atoms with Crippen LogP contribution in [-0.4, -0.2) is 16.7 Å². The molecular weight excluding hydrogens is 250 g/mol. The van der Waals surface area contributed by atoms with Crippen molar-refractivity contribution in [3.8, 4) is 5.75 Å². The summed E-state index contributed by atoms with van der Waals surface area (Å²) in [6.07, 6.45) is 1.26. The first kappa shape index (κ1) is 12.8. The Morgan fingerprint density at radius 3 is 2.80 bits per heavy atom. The number of fused-ring (bicyclic) bond motifs is 1. The van der Waals surface area contributed by atoms with Gasteiger partial charge in [0, 0.05) is 11.7 Å². The second-order valence-corrected chi connectivity index (χ2v) is 4.73. The SMILES string of the molecule is CCOc1cccc(C(O)c2ccc3[nH]ccc3c2)c1. The highest BCUT2D eigenvalue weighted by atomic mass is 16.5. The molecule has 0 spiro atoms. The highest BCUT2D eigenvalue weighted by Gasteiger charge is 2.12. The average molecular weight is 267 g/mol. The van der Waals surface area contributed by atoms with Crippen LogP contribution in [0.5, 0.6) is 5.75 Å². The van der Waals surface area contributed by atoms with E-state index in [1.807, 2.05) is 61.7 Å². The lowest BCUT2D eigenvalue weighted by atomic mass is 10.0. The first-order valence-electron chi connectivity index (χ1n) is 6.76. The number of aliphatic hydroxyl groups excluding tert-OH is 1. The van der Waals surface area contributed by atoms with Gasteiger partial charge in [0.25, 0.3) is 0 Å². The molecule has 0 amide bonds. The van der Waals surface area contributed by atoms with E-state index >= 15 is 0 Å². The summed E-state index contributed by atoms with van der Waals surface area (Å²) in [4.78, 5) is 3.15. The lowest BCUT2D eigenvalue weighted by molar-refractivity contribution is 0.219. The predicted molar refractivity (Wildman–Crippen MR) is 80.0 cm³/mol. The first-order valence-corrected chi connectivity index (χ1v) is 6.76. The van der Waals surface area contributed by atoms with Crippen LogP contribution in [0.4, 0.5) is 0 Å². The van der Waals surface area contributed by atoms with Crippen LogP contribution >= 0.6 is 0 Å². The zero-order valence-corrected chi connectivity index (χ0v) is 11.3. The second-order valence-electron chi connectivity index (χ2n) is 4.73. The number of hydrogen-bond donors (Lipinski definition) is 2. The van der Waals surface area contributed by atoms with E-state index in [-0.39, 0.29) is 0 Å². The fourth-order valence-electron chi connectivity index (χ4n) is 2.38. The molecule has 3 nitrogen and oxygen atoms in total. The third-order valence-corrected chi connectivity index (χ3v) is 3.38. The maximum atomic E-state index is 10.5. The molecule has 2 N–H and O–H groups in total. The van der Waals surface area contributed by atoms with E-state index in [2.05, 4.69) is 4.98 Å². The topological polar surface area (TPSA) is 45.2 Å². The number of aliphatic hydroxyl groups is 1. The van der Waals surface area contributed by atoms with E-state index in [9.17, 15) is 5.11 Å². The summed E-state index contributed by atoms with van der Waals surface area (Å²) < 4.78 is 5.47. The van der Waals surface area contributed by atoms with Gasteiger partial charge in [0.15, 0.2) is 0 Å². The smallest absolute Gasteiger partial charge is 0.119 e. The van der Waals surface area contributed by atoms with E-state index < -0.39 is 6.10 Å². The van der Waals surface area contributed by atoms with Gasteiger partial charge < -0.3 is 14.8 Å². The highest BCUT2D eigenvalue weighted by molar-refractivity contribution is 5.80. The average Bonchev–Trinajstić information content (AvgIpc) is 2.94. The molecule has 0 aliphatic rings. The van der Waals surface area contributed by atoms with Crippen molar-refractivity contribution in [2.24, 2.45) is 0 Å². The minimum absolute atomic E-state index is 0.620. The van der Waals surface area contributed by atoms with Gasteiger partial charge in [-0.25, -0.2) is 0 Å². The third-order valence-electron chi connectivity index (χ3n) is 3.38. The quantitative estimate of drug-likeness (QED) is 0.758. The van der Waals surface area contributed by atoms with Gasteiger partial charge in [-0.2, -0.15) is 0 Å². The summed E-state index contributed by atoms with van der Waals surface area (Å²) >= 11 is 0. The van der Waals surface area contributed by atoms with Crippen molar-refractivity contribution in [3.63, 3.8) is 0 Å². The van der Waals surface area contributed by atoms with Gasteiger partial charge in [-0.3, -0.25) is 0 Å². The molecule has 1 unspecified atom stereocenters. The van der Waals surface area contributed by atoms with Crippen LogP contribution in [0.3, 0.4) is 0 Å². The van der Waals surface area contributed by atoms with Crippen LogP contribution < -0.4 is 4.74 Å². The molecule has 0 aliphatic carbocycles. The Labute approximate surface area is 117 Å². The second kappa shape index (κ2) is 5.39. The molecule has 0 fully saturated rings. The summed E-state index contributed by atoms with van der Waals surface area (Å²) in [5, 5.41) is 11.6. The van der Waals surface area contributed by atoms with E-state index in [1.54, 1.807) is 0 Å². The standard InChI is InChI=1S/C17H17NO2/c1-2-20-15-5-3-4-13(11-15)17(19)14-6-7-16-12(10-14)8-9-18-16/h3-11,17-19H,2H2,1H3. The molecule has 0 aliphatic heterocycles. The number of hydrogen-bond acceptors (Lipinski definition) is 2. The van der Waals surface area contributed by atoms with Crippen LogP contribution in [0.2, 0.25) is 0 Å². The first-order chi connectivity index (χ1) is 9.78. The summed E-state index contributed by atoms with van der Waals surface area (Å²) in [6.45, 7) is 2.57. The number of H-pyrrole nitrogens is 1. The van der Waals surface area contributed by atoms with Crippen LogP contribution in [0.25, 0.3) is 10.9 Å². The van der Waals surface area contributed by atoms with Gasteiger partial charge in [-0.05, 0) is 53.8 Å². The molecular formula is C17H17NO2. The molecule has 0 radical (unpaired) electrons. The van der Waals surface area contributed by atoms with Crippen LogP contribution in [0.1, 0.15) is 24.2 Å². The zero-order chi connectivity index (χ0) is 13.9. The molecule has 3 rings (SSSR count). The largest absolute Gasteiger partial charge is 0.494 e. The number of rotatable bonds is 4. The number of aromatic nitrogens is 1. The van der Waals surface area contributed by atoms with Crippen molar-refractivity contribution >= 4 is 10.9 Å². The minimum Gasteiger partial charge on any atom is -0.494 e. The van der Waals surface area contributed by atoms with E-state index in [0.717, 1.165) is 27.8 Å². The molecule has 0 saturated carbocycles. The van der Waals surface area contributed by atoms with Gasteiger partial charge in [-0.15, -0.1) is 0 Å². The van der Waals surface area contributed by atoms with Crippen molar-refractivity contribution in [1.82, 2.24) is 4.98 Å². The Morgan fingerprint density at radius 2 is 1.95 bits per heavy atom.